The molecule has 9 heavy (non-hydrogen) atoms. The van der Waals surface area contributed by atoms with Crippen LogP contribution in [0.1, 0.15) is 27.7 Å². The smallest absolute Gasteiger partial charge is 0.0717 e. The van der Waals surface area contributed by atoms with Crippen LogP contribution in [0.15, 0.2) is 4.99 Å². The summed E-state index contributed by atoms with van der Waals surface area (Å²) in [6.07, 6.45) is 1.65. The third-order valence-corrected chi connectivity index (χ3v) is 0.661. The third kappa shape index (κ3) is 7.23. The molecule has 0 N–H and O–H groups in total. The van der Waals surface area contributed by atoms with Crippen LogP contribution >= 0.6 is 0 Å². The summed E-state index contributed by atoms with van der Waals surface area (Å²) >= 11 is 0. The molecule has 0 aliphatic heterocycles. The first-order valence-electron chi connectivity index (χ1n) is 3.02. The van der Waals surface area contributed by atoms with E-state index in [1.54, 1.807) is 13.1 Å². The van der Waals surface area contributed by atoms with Gasteiger partial charge >= 0.3 is 0 Å². The molecule has 1 nitrogen and oxygen atoms in total. The first-order valence-corrected chi connectivity index (χ1v) is 3.02. The quantitative estimate of drug-likeness (QED) is 0.344. The molecule has 0 rings (SSSR count). The van der Waals surface area contributed by atoms with Crippen molar-refractivity contribution in [2.75, 3.05) is 0 Å². The highest BCUT2D eigenvalue weighted by Crippen LogP contribution is 2.03. The van der Waals surface area contributed by atoms with Gasteiger partial charge in [0.05, 0.1) is 11.8 Å². The van der Waals surface area contributed by atoms with E-state index in [0.29, 0.717) is 0 Å². The van der Waals surface area contributed by atoms with Crippen LogP contribution in [0.2, 0.25) is 0 Å². The molecule has 0 unspecified atom stereocenters. The van der Waals surface area contributed by atoms with Crippen LogP contribution in [0.3, 0.4) is 0 Å². The Hall–Kier alpha value is -0.770. The van der Waals surface area contributed by atoms with Gasteiger partial charge in [0.25, 0.3) is 0 Å². The first-order chi connectivity index (χ1) is 4.06. The van der Waals surface area contributed by atoms with Crippen LogP contribution in [0.5, 0.6) is 0 Å². The first kappa shape index (κ1) is 8.23. The van der Waals surface area contributed by atoms with Gasteiger partial charge in [-0.15, -0.1) is 5.92 Å². The van der Waals surface area contributed by atoms with E-state index in [-0.39, 0.29) is 5.54 Å². The fourth-order valence-electron chi connectivity index (χ4n) is 0.290. The Morgan fingerprint density at radius 2 is 1.89 bits per heavy atom. The van der Waals surface area contributed by atoms with E-state index >= 15 is 0 Å². The molecular formula is C8H13N. The molecule has 0 spiro atoms. The molecule has 0 aliphatic carbocycles. The molecule has 0 aromatic carbocycles. The van der Waals surface area contributed by atoms with Gasteiger partial charge < -0.3 is 0 Å². The molecule has 0 heterocycles. The SMILES string of the molecule is CC#CC=NC(C)(C)C. The lowest BCUT2D eigenvalue weighted by Crippen LogP contribution is -2.08. The summed E-state index contributed by atoms with van der Waals surface area (Å²) < 4.78 is 0. The van der Waals surface area contributed by atoms with Crippen molar-refractivity contribution in [3.8, 4) is 11.8 Å². The van der Waals surface area contributed by atoms with Crippen molar-refractivity contribution in [1.82, 2.24) is 0 Å². The summed E-state index contributed by atoms with van der Waals surface area (Å²) in [6, 6.07) is 0. The fourth-order valence-corrected chi connectivity index (χ4v) is 0.290. The topological polar surface area (TPSA) is 12.4 Å². The van der Waals surface area contributed by atoms with Gasteiger partial charge in [-0.1, -0.05) is 5.92 Å². The number of aliphatic imine (C=N–C) groups is 1. The second-order valence-corrected chi connectivity index (χ2v) is 2.82. The largest absolute Gasteiger partial charge is 0.278 e. The van der Waals surface area contributed by atoms with E-state index < -0.39 is 0 Å². The molecule has 0 atom stereocenters. The van der Waals surface area contributed by atoms with Crippen molar-refractivity contribution < 1.29 is 0 Å². The van der Waals surface area contributed by atoms with Gasteiger partial charge in [0.2, 0.25) is 0 Å². The minimum Gasteiger partial charge on any atom is -0.278 e. The van der Waals surface area contributed by atoms with Crippen LogP contribution in [0.25, 0.3) is 0 Å². The van der Waals surface area contributed by atoms with E-state index in [1.807, 2.05) is 20.8 Å². The highest BCUT2D eigenvalue weighted by atomic mass is 14.8. The summed E-state index contributed by atoms with van der Waals surface area (Å²) in [4.78, 5) is 4.15. The molecule has 0 bridgehead atoms. The van der Waals surface area contributed by atoms with Crippen LogP contribution < -0.4 is 0 Å². The van der Waals surface area contributed by atoms with Gasteiger partial charge in [0.15, 0.2) is 0 Å². The summed E-state index contributed by atoms with van der Waals surface area (Å²) in [5.74, 6) is 5.50. The normalized spacial score (nSPS) is 11.1. The van der Waals surface area contributed by atoms with Crippen molar-refractivity contribution in [3.63, 3.8) is 0 Å². The van der Waals surface area contributed by atoms with Crippen molar-refractivity contribution in [1.29, 1.82) is 0 Å². The Balaban J connectivity index is 3.81. The molecule has 0 fully saturated rings. The van der Waals surface area contributed by atoms with E-state index in [4.69, 9.17) is 0 Å². The van der Waals surface area contributed by atoms with Crippen molar-refractivity contribution in [2.24, 2.45) is 4.99 Å². The van der Waals surface area contributed by atoms with Crippen molar-refractivity contribution in [3.05, 3.63) is 0 Å². The molecule has 0 saturated heterocycles. The summed E-state index contributed by atoms with van der Waals surface area (Å²) in [6.45, 7) is 7.93. The van der Waals surface area contributed by atoms with Crippen LogP contribution in [-0.4, -0.2) is 11.8 Å². The van der Waals surface area contributed by atoms with Gasteiger partial charge in [-0.25, -0.2) is 0 Å². The van der Waals surface area contributed by atoms with Gasteiger partial charge in [-0.05, 0) is 27.7 Å². The van der Waals surface area contributed by atoms with E-state index in [9.17, 15) is 0 Å². The molecule has 0 radical (unpaired) electrons. The Morgan fingerprint density at radius 3 is 2.22 bits per heavy atom. The number of hydrogen-bond donors (Lipinski definition) is 0. The molecule has 0 amide bonds. The van der Waals surface area contributed by atoms with E-state index in [1.165, 1.54) is 0 Å². The maximum Gasteiger partial charge on any atom is 0.0717 e. The Morgan fingerprint density at radius 1 is 1.33 bits per heavy atom. The Bertz CT molecular complexity index is 150. The second kappa shape index (κ2) is 3.29. The zero-order chi connectivity index (χ0) is 7.33. The Labute approximate surface area is 57.2 Å². The number of hydrogen-bond acceptors (Lipinski definition) is 1. The molecule has 0 aromatic heterocycles. The van der Waals surface area contributed by atoms with Crippen LogP contribution in [0.4, 0.5) is 0 Å². The molecule has 1 heteroatoms. The zero-order valence-electron chi connectivity index (χ0n) is 6.52. The van der Waals surface area contributed by atoms with Crippen molar-refractivity contribution >= 4 is 6.21 Å². The molecule has 50 valence electrons. The predicted molar refractivity (Wildman–Crippen MR) is 41.7 cm³/mol. The summed E-state index contributed by atoms with van der Waals surface area (Å²) in [5, 5.41) is 0. The van der Waals surface area contributed by atoms with Gasteiger partial charge in [0.1, 0.15) is 0 Å². The van der Waals surface area contributed by atoms with Gasteiger partial charge in [0, 0.05) is 0 Å². The second-order valence-electron chi connectivity index (χ2n) is 2.82. The monoisotopic (exact) mass is 123 g/mol. The minimum absolute atomic E-state index is 0.0177. The molecule has 0 saturated carbocycles. The highest BCUT2D eigenvalue weighted by molar-refractivity contribution is 5.78. The van der Waals surface area contributed by atoms with Gasteiger partial charge in [-0.3, -0.25) is 4.99 Å². The maximum atomic E-state index is 4.15. The number of rotatable bonds is 0. The van der Waals surface area contributed by atoms with Crippen LogP contribution in [-0.2, 0) is 0 Å². The van der Waals surface area contributed by atoms with Crippen LogP contribution in [0, 0.1) is 11.8 Å². The average Bonchev–Trinajstić information content (AvgIpc) is 1.63. The molecule has 0 aromatic rings. The summed E-state index contributed by atoms with van der Waals surface area (Å²) in [7, 11) is 0. The predicted octanol–water partition coefficient (Wildman–Crippen LogP) is 1.88. The Kier molecular flexibility index (Phi) is 3.01. The number of nitrogens with zero attached hydrogens (tertiary/aromatic N) is 1. The van der Waals surface area contributed by atoms with Gasteiger partial charge in [-0.2, -0.15) is 0 Å². The maximum absolute atomic E-state index is 4.15. The molecular weight excluding hydrogens is 110 g/mol. The lowest BCUT2D eigenvalue weighted by atomic mass is 10.1. The van der Waals surface area contributed by atoms with E-state index in [0.717, 1.165) is 0 Å². The average molecular weight is 123 g/mol. The van der Waals surface area contributed by atoms with E-state index in [2.05, 4.69) is 16.8 Å². The lowest BCUT2D eigenvalue weighted by molar-refractivity contribution is 0.587. The summed E-state index contributed by atoms with van der Waals surface area (Å²) in [5.41, 5.74) is 0.0177. The standard InChI is InChI=1S/C8H13N/c1-5-6-7-9-8(2,3)4/h7H,1-4H3. The fraction of sp³-hybridized carbons (Fsp3) is 0.625. The third-order valence-electron chi connectivity index (χ3n) is 0.661. The lowest BCUT2D eigenvalue weighted by Gasteiger charge is -2.08. The highest BCUT2D eigenvalue weighted by Gasteiger charge is 2.02. The minimum atomic E-state index is 0.0177. The molecule has 0 aliphatic rings. The zero-order valence-corrected chi connectivity index (χ0v) is 6.52. The van der Waals surface area contributed by atoms with Crippen molar-refractivity contribution in [2.45, 2.75) is 33.2 Å².